The second-order valence-corrected chi connectivity index (χ2v) is 11.4. The molecule has 2 N–H and O–H groups in total. The molecule has 1 spiro atoms. The van der Waals surface area contributed by atoms with E-state index in [4.69, 9.17) is 9.47 Å². The zero-order chi connectivity index (χ0) is 26.9. The molecule has 3 fully saturated rings. The highest BCUT2D eigenvalue weighted by Gasteiger charge is 2.72. The van der Waals surface area contributed by atoms with E-state index in [0.29, 0.717) is 23.9 Å². The van der Waals surface area contributed by atoms with E-state index in [2.05, 4.69) is 24.5 Å². The third kappa shape index (κ3) is 4.72. The number of hydrogen-bond acceptors (Lipinski definition) is 5. The van der Waals surface area contributed by atoms with Crippen LogP contribution in [-0.2, 0) is 19.1 Å². The molecule has 0 unspecified atom stereocenters. The first-order valence-corrected chi connectivity index (χ1v) is 14.3. The number of methoxy groups -OCH3 is 1. The number of ether oxygens (including phenoxy) is 2. The zero-order valence-electron chi connectivity index (χ0n) is 22.8. The molecule has 38 heavy (non-hydrogen) atoms. The first kappa shape index (κ1) is 26.7. The summed E-state index contributed by atoms with van der Waals surface area (Å²) >= 11 is 0. The zero-order valence-corrected chi connectivity index (χ0v) is 22.8. The van der Waals surface area contributed by atoms with Gasteiger partial charge in [0.2, 0.25) is 17.7 Å². The lowest BCUT2D eigenvalue weighted by atomic mass is 9.74. The van der Waals surface area contributed by atoms with Crippen LogP contribution in [0.5, 0.6) is 5.75 Å². The molecule has 5 rings (SSSR count). The van der Waals surface area contributed by atoms with Crippen molar-refractivity contribution in [1.29, 1.82) is 0 Å². The largest absolute Gasteiger partial charge is 0.497 e. The van der Waals surface area contributed by atoms with E-state index in [1.807, 2.05) is 12.2 Å². The van der Waals surface area contributed by atoms with Crippen LogP contribution >= 0.6 is 0 Å². The monoisotopic (exact) mass is 523 g/mol. The van der Waals surface area contributed by atoms with Gasteiger partial charge in [0.05, 0.1) is 25.0 Å². The summed E-state index contributed by atoms with van der Waals surface area (Å²) in [6, 6.07) is 6.47. The minimum absolute atomic E-state index is 0.0958. The third-order valence-corrected chi connectivity index (χ3v) is 8.95. The van der Waals surface area contributed by atoms with Crippen molar-refractivity contribution in [2.24, 2.45) is 17.8 Å². The number of anilines is 1. The van der Waals surface area contributed by atoms with Gasteiger partial charge in [-0.2, -0.15) is 0 Å². The molecule has 8 heteroatoms. The summed E-state index contributed by atoms with van der Waals surface area (Å²) in [5.41, 5.74) is -0.525. The number of nitrogens with one attached hydrogen (secondary N) is 2. The molecule has 1 saturated carbocycles. The number of likely N-dealkylation sites (tertiary alicyclic amines) is 1. The quantitative estimate of drug-likeness (QED) is 0.356. The molecule has 4 aliphatic rings. The standard InChI is InChI=1S/C30H41N3O5/c1-4-5-6-9-17-33-26(28(35)32-22-14-8-7-11-19(22)2)30-16-15-23(38-30)24(25(30)29(33)36)27(34)31-20-12-10-13-21(18-20)37-3/h10,12-13,15-16,18-19,22-26H,4-9,11,14,17H2,1-3H3,(H,31,34)(H,32,35)/t19-,22-,23-,24-,25-,26+,30+/m1/s1. The summed E-state index contributed by atoms with van der Waals surface area (Å²) < 4.78 is 11.7. The van der Waals surface area contributed by atoms with Gasteiger partial charge in [-0.15, -0.1) is 0 Å². The fraction of sp³-hybridized carbons (Fsp3) is 0.633. The number of fused-ring (bicyclic) bond motifs is 1. The smallest absolute Gasteiger partial charge is 0.246 e. The van der Waals surface area contributed by atoms with Gasteiger partial charge in [-0.1, -0.05) is 64.2 Å². The second-order valence-electron chi connectivity index (χ2n) is 11.4. The molecule has 2 saturated heterocycles. The van der Waals surface area contributed by atoms with Gasteiger partial charge < -0.3 is 25.0 Å². The highest BCUT2D eigenvalue weighted by Crippen LogP contribution is 2.55. The fourth-order valence-corrected chi connectivity index (χ4v) is 6.94. The molecule has 1 aliphatic carbocycles. The number of hydrogen-bond donors (Lipinski definition) is 2. The lowest BCUT2D eigenvalue weighted by molar-refractivity contribution is -0.141. The van der Waals surface area contributed by atoms with E-state index in [1.165, 1.54) is 6.42 Å². The van der Waals surface area contributed by atoms with Gasteiger partial charge in [-0.3, -0.25) is 14.4 Å². The Morgan fingerprint density at radius 2 is 1.97 bits per heavy atom. The summed E-state index contributed by atoms with van der Waals surface area (Å²) in [4.78, 5) is 43.2. The maximum atomic E-state index is 14.0. The molecule has 206 valence electrons. The molecule has 0 aromatic heterocycles. The summed E-state index contributed by atoms with van der Waals surface area (Å²) in [5.74, 6) is -0.996. The lowest BCUT2D eigenvalue weighted by Gasteiger charge is -2.36. The van der Waals surface area contributed by atoms with Crippen molar-refractivity contribution < 1.29 is 23.9 Å². The van der Waals surface area contributed by atoms with E-state index in [-0.39, 0.29) is 23.8 Å². The molecule has 2 bridgehead atoms. The number of carbonyl (C=O) groups excluding carboxylic acids is 3. The van der Waals surface area contributed by atoms with Gasteiger partial charge >= 0.3 is 0 Å². The first-order chi connectivity index (χ1) is 18.4. The van der Waals surface area contributed by atoms with E-state index < -0.39 is 29.6 Å². The number of nitrogens with zero attached hydrogens (tertiary/aromatic N) is 1. The van der Waals surface area contributed by atoms with Gasteiger partial charge in [0.25, 0.3) is 0 Å². The molecule has 1 aromatic carbocycles. The Balaban J connectivity index is 1.41. The maximum absolute atomic E-state index is 14.0. The van der Waals surface area contributed by atoms with Crippen LogP contribution in [0.15, 0.2) is 36.4 Å². The number of rotatable bonds is 10. The van der Waals surface area contributed by atoms with Crippen LogP contribution in [0.4, 0.5) is 5.69 Å². The number of unbranched alkanes of at least 4 members (excludes halogenated alkanes) is 3. The first-order valence-electron chi connectivity index (χ1n) is 14.3. The Labute approximate surface area is 225 Å². The van der Waals surface area contributed by atoms with Crippen molar-refractivity contribution >= 4 is 23.4 Å². The van der Waals surface area contributed by atoms with Gasteiger partial charge in [-0.05, 0) is 37.3 Å². The van der Waals surface area contributed by atoms with Crippen molar-refractivity contribution in [3.8, 4) is 5.75 Å². The van der Waals surface area contributed by atoms with Gasteiger partial charge in [0, 0.05) is 24.3 Å². The van der Waals surface area contributed by atoms with Crippen LogP contribution in [0.1, 0.15) is 65.2 Å². The van der Waals surface area contributed by atoms with Crippen LogP contribution in [0.3, 0.4) is 0 Å². The van der Waals surface area contributed by atoms with E-state index in [1.54, 1.807) is 36.3 Å². The number of benzene rings is 1. The van der Waals surface area contributed by atoms with Crippen molar-refractivity contribution in [2.45, 2.75) is 89.0 Å². The van der Waals surface area contributed by atoms with Crippen LogP contribution in [0.2, 0.25) is 0 Å². The van der Waals surface area contributed by atoms with E-state index in [9.17, 15) is 14.4 Å². The Kier molecular flexibility index (Phi) is 7.80. The molecule has 8 nitrogen and oxygen atoms in total. The van der Waals surface area contributed by atoms with Gasteiger partial charge in [0.15, 0.2) is 0 Å². The summed E-state index contributed by atoms with van der Waals surface area (Å²) in [7, 11) is 1.57. The maximum Gasteiger partial charge on any atom is 0.246 e. The molecule has 3 aliphatic heterocycles. The molecule has 7 atom stereocenters. The van der Waals surface area contributed by atoms with Crippen LogP contribution in [-0.4, -0.2) is 60.1 Å². The topological polar surface area (TPSA) is 97.0 Å². The average molecular weight is 524 g/mol. The SMILES string of the molecule is CCCCCCN1C(=O)[C@H]2[C@H](C(=O)Nc3cccc(OC)c3)[C@H]3C=C[C@@]2(O3)[C@@H]1C(=O)N[C@@H]1CCCC[C@H]1C. The average Bonchev–Trinajstić information content (AvgIpc) is 3.55. The van der Waals surface area contributed by atoms with Crippen molar-refractivity contribution in [3.63, 3.8) is 0 Å². The number of amides is 3. The Bertz CT molecular complexity index is 1090. The van der Waals surface area contributed by atoms with Gasteiger partial charge in [-0.25, -0.2) is 0 Å². The van der Waals surface area contributed by atoms with Crippen molar-refractivity contribution in [3.05, 3.63) is 36.4 Å². The van der Waals surface area contributed by atoms with Crippen LogP contribution in [0.25, 0.3) is 0 Å². The van der Waals surface area contributed by atoms with Crippen LogP contribution in [0, 0.1) is 17.8 Å². The van der Waals surface area contributed by atoms with E-state index >= 15 is 0 Å². The predicted octanol–water partition coefficient (Wildman–Crippen LogP) is 4.06. The Hall–Kier alpha value is -2.87. The van der Waals surface area contributed by atoms with Crippen molar-refractivity contribution in [2.75, 3.05) is 19.0 Å². The summed E-state index contributed by atoms with van der Waals surface area (Å²) in [6.07, 6.45) is 11.5. The molecule has 3 heterocycles. The Morgan fingerprint density at radius 1 is 1.16 bits per heavy atom. The van der Waals surface area contributed by atoms with Gasteiger partial charge in [0.1, 0.15) is 17.4 Å². The molecule has 3 amide bonds. The Morgan fingerprint density at radius 3 is 2.74 bits per heavy atom. The lowest BCUT2D eigenvalue weighted by Crippen LogP contribution is -2.57. The number of carbonyl (C=O) groups is 3. The third-order valence-electron chi connectivity index (χ3n) is 8.95. The van der Waals surface area contributed by atoms with Crippen molar-refractivity contribution in [1.82, 2.24) is 10.2 Å². The molecule has 0 radical (unpaired) electrons. The molecule has 1 aromatic rings. The van der Waals surface area contributed by atoms with Crippen LogP contribution < -0.4 is 15.4 Å². The normalized spacial score (nSPS) is 33.3. The molecular formula is C30H41N3O5. The molecular weight excluding hydrogens is 482 g/mol. The highest BCUT2D eigenvalue weighted by molar-refractivity contribution is 6.02. The second kappa shape index (κ2) is 11.1. The minimum Gasteiger partial charge on any atom is -0.497 e. The fourth-order valence-electron chi connectivity index (χ4n) is 6.94. The summed E-state index contributed by atoms with van der Waals surface area (Å²) in [6.45, 7) is 4.82. The van der Waals surface area contributed by atoms with E-state index in [0.717, 1.165) is 44.9 Å². The summed E-state index contributed by atoms with van der Waals surface area (Å²) in [5, 5.41) is 6.25. The highest BCUT2D eigenvalue weighted by atomic mass is 16.5. The predicted molar refractivity (Wildman–Crippen MR) is 145 cm³/mol. The minimum atomic E-state index is -1.12.